The Morgan fingerprint density at radius 1 is 1.00 bits per heavy atom. The van der Waals surface area contributed by atoms with Crippen molar-refractivity contribution in [3.8, 4) is 0 Å². The highest BCUT2D eigenvalue weighted by atomic mass is 32.1. The molecule has 1 atom stereocenters. The first-order chi connectivity index (χ1) is 19.4. The maximum Gasteiger partial charge on any atom is 0.273 e. The number of rotatable bonds is 9. The van der Waals surface area contributed by atoms with Crippen molar-refractivity contribution in [3.63, 3.8) is 0 Å². The van der Waals surface area contributed by atoms with Gasteiger partial charge in [0.1, 0.15) is 22.5 Å². The first-order valence-electron chi connectivity index (χ1n) is 13.9. The summed E-state index contributed by atoms with van der Waals surface area (Å²) >= 11 is 0.826. The Hall–Kier alpha value is -3.73. The van der Waals surface area contributed by atoms with E-state index in [4.69, 9.17) is 10.2 Å². The van der Waals surface area contributed by atoms with Crippen molar-refractivity contribution >= 4 is 34.9 Å². The molecule has 2 aliphatic carbocycles. The van der Waals surface area contributed by atoms with Crippen LogP contribution in [0.1, 0.15) is 95.3 Å². The smallest absolute Gasteiger partial charge is 0.273 e. The lowest BCUT2D eigenvalue weighted by Crippen LogP contribution is -2.45. The summed E-state index contributed by atoms with van der Waals surface area (Å²) < 4.78 is 23.6. The first-order valence-corrected chi connectivity index (χ1v) is 14.6. The predicted molar refractivity (Wildman–Crippen MR) is 149 cm³/mol. The van der Waals surface area contributed by atoms with Crippen molar-refractivity contribution in [1.82, 2.24) is 19.9 Å². The number of aromatic nitrogens is 1. The van der Waals surface area contributed by atoms with Crippen LogP contribution in [0.2, 0.25) is 0 Å². The van der Waals surface area contributed by atoms with Crippen molar-refractivity contribution in [2.24, 2.45) is 0 Å². The highest BCUT2D eigenvalue weighted by molar-refractivity contribution is 7.09. The van der Waals surface area contributed by atoms with E-state index in [-0.39, 0.29) is 40.8 Å². The van der Waals surface area contributed by atoms with E-state index in [1.54, 1.807) is 12.1 Å². The van der Waals surface area contributed by atoms with Gasteiger partial charge in [0.25, 0.3) is 11.8 Å². The molecule has 0 unspecified atom stereocenters. The second kappa shape index (κ2) is 12.6. The number of hydrogen-bond donors (Lipinski definition) is 3. The lowest BCUT2D eigenvalue weighted by atomic mass is 9.95. The third-order valence-corrected chi connectivity index (χ3v) is 8.54. The molecular weight excluding hydrogens is 533 g/mol. The third-order valence-electron chi connectivity index (χ3n) is 7.69. The summed E-state index contributed by atoms with van der Waals surface area (Å²) in [6, 6.07) is 7.86. The molecule has 3 amide bonds. The molecule has 0 bridgehead atoms. The highest BCUT2D eigenvalue weighted by Gasteiger charge is 2.37. The number of anilines is 1. The fourth-order valence-corrected chi connectivity index (χ4v) is 6.32. The zero-order chi connectivity index (χ0) is 28.1. The summed E-state index contributed by atoms with van der Waals surface area (Å²) in [5, 5.41) is 6.07. The number of halogens is 1. The Labute approximate surface area is 236 Å². The van der Waals surface area contributed by atoms with Crippen LogP contribution in [0.5, 0.6) is 0 Å². The number of nitrogens with two attached hydrogens (primary N) is 1. The molecule has 40 heavy (non-hydrogen) atoms. The standard InChI is InChI=1S/C29H34FN5O4S/c30-19-14-12-18(13-15-19)25(28(37)33-21-9-4-5-10-21)35(17-22-11-6-16-39-22)29(38)26-23(31)24(34-40-26)27(36)32-20-7-2-1-3-8-20/h6,11-16,20-21,25H,1-5,7-10,17,31H2,(H,32,36)(H,33,37)/t25-/m1/s1. The molecule has 0 saturated heterocycles. The second-order valence-electron chi connectivity index (χ2n) is 10.5. The molecule has 9 nitrogen and oxygen atoms in total. The van der Waals surface area contributed by atoms with Gasteiger partial charge in [-0.3, -0.25) is 14.4 Å². The van der Waals surface area contributed by atoms with Gasteiger partial charge in [0.2, 0.25) is 5.91 Å². The van der Waals surface area contributed by atoms with Crippen LogP contribution in [0.4, 0.5) is 10.1 Å². The minimum absolute atomic E-state index is 0.000395. The molecule has 2 heterocycles. The summed E-state index contributed by atoms with van der Waals surface area (Å²) in [6.07, 6.45) is 10.3. The fourth-order valence-electron chi connectivity index (χ4n) is 5.57. The van der Waals surface area contributed by atoms with E-state index in [0.717, 1.165) is 69.3 Å². The summed E-state index contributed by atoms with van der Waals surface area (Å²) in [7, 11) is 0. The number of nitrogens with one attached hydrogen (secondary N) is 2. The Balaban J connectivity index is 1.47. The molecule has 1 aromatic carbocycles. The van der Waals surface area contributed by atoms with Crippen LogP contribution < -0.4 is 16.4 Å². The second-order valence-corrected chi connectivity index (χ2v) is 11.3. The van der Waals surface area contributed by atoms with Gasteiger partial charge < -0.3 is 25.7 Å². The van der Waals surface area contributed by atoms with Gasteiger partial charge in [0.05, 0.1) is 18.5 Å². The quantitative estimate of drug-likeness (QED) is 0.335. The Kier molecular flexibility index (Phi) is 8.78. The molecule has 11 heteroatoms. The number of furan rings is 1. The third kappa shape index (κ3) is 6.35. The topological polar surface area (TPSA) is 131 Å². The van der Waals surface area contributed by atoms with Crippen LogP contribution in [0, 0.1) is 5.82 Å². The van der Waals surface area contributed by atoms with E-state index in [0.29, 0.717) is 11.3 Å². The molecule has 0 spiro atoms. The molecule has 0 radical (unpaired) electrons. The lowest BCUT2D eigenvalue weighted by Gasteiger charge is -2.31. The Morgan fingerprint density at radius 2 is 1.65 bits per heavy atom. The molecule has 3 aromatic rings. The lowest BCUT2D eigenvalue weighted by molar-refractivity contribution is -0.126. The Bertz CT molecular complexity index is 1310. The number of hydrogen-bond acceptors (Lipinski definition) is 7. The number of carbonyl (C=O) groups excluding carboxylic acids is 3. The van der Waals surface area contributed by atoms with Gasteiger partial charge in [-0.05, 0) is 67.0 Å². The van der Waals surface area contributed by atoms with Crippen molar-refractivity contribution in [1.29, 1.82) is 0 Å². The molecule has 2 fully saturated rings. The average molecular weight is 568 g/mol. The molecule has 2 saturated carbocycles. The molecule has 212 valence electrons. The largest absolute Gasteiger partial charge is 0.467 e. The van der Waals surface area contributed by atoms with Crippen LogP contribution in [0.3, 0.4) is 0 Å². The minimum Gasteiger partial charge on any atom is -0.467 e. The number of amides is 3. The molecule has 2 aliphatic rings. The molecule has 5 rings (SSSR count). The number of carbonyl (C=O) groups is 3. The Morgan fingerprint density at radius 3 is 2.30 bits per heavy atom. The molecule has 0 aliphatic heterocycles. The van der Waals surface area contributed by atoms with E-state index >= 15 is 0 Å². The molecule has 2 aromatic heterocycles. The van der Waals surface area contributed by atoms with E-state index in [2.05, 4.69) is 15.0 Å². The maximum atomic E-state index is 14.1. The molecular formula is C29H34FN5O4S. The van der Waals surface area contributed by atoms with E-state index < -0.39 is 23.7 Å². The van der Waals surface area contributed by atoms with Crippen molar-refractivity contribution in [2.45, 2.75) is 82.5 Å². The van der Waals surface area contributed by atoms with Gasteiger partial charge in [-0.25, -0.2) is 4.39 Å². The summed E-state index contributed by atoms with van der Waals surface area (Å²) in [6.45, 7) is -0.0487. The van der Waals surface area contributed by atoms with E-state index in [9.17, 15) is 18.8 Å². The van der Waals surface area contributed by atoms with Crippen molar-refractivity contribution in [2.75, 3.05) is 5.73 Å². The minimum atomic E-state index is -1.10. The fraction of sp³-hybridized carbons (Fsp3) is 0.448. The van der Waals surface area contributed by atoms with Crippen molar-refractivity contribution in [3.05, 3.63) is 70.4 Å². The predicted octanol–water partition coefficient (Wildman–Crippen LogP) is 4.96. The number of nitrogens with zero attached hydrogens (tertiary/aromatic N) is 2. The number of nitrogen functional groups attached to an aromatic ring is 1. The summed E-state index contributed by atoms with van der Waals surface area (Å²) in [4.78, 5) is 42.3. The monoisotopic (exact) mass is 567 g/mol. The van der Waals surface area contributed by atoms with Gasteiger partial charge in [-0.15, -0.1) is 0 Å². The van der Waals surface area contributed by atoms with Crippen LogP contribution in [0.15, 0.2) is 47.1 Å². The van der Waals surface area contributed by atoms with Gasteiger partial charge in [0.15, 0.2) is 5.69 Å². The zero-order valence-electron chi connectivity index (χ0n) is 22.2. The van der Waals surface area contributed by atoms with Gasteiger partial charge in [0, 0.05) is 12.1 Å². The van der Waals surface area contributed by atoms with Gasteiger partial charge in [-0.2, -0.15) is 4.37 Å². The van der Waals surface area contributed by atoms with Crippen LogP contribution in [-0.2, 0) is 11.3 Å². The number of benzene rings is 1. The highest BCUT2D eigenvalue weighted by Crippen LogP contribution is 2.31. The van der Waals surface area contributed by atoms with Crippen molar-refractivity contribution < 1.29 is 23.2 Å². The van der Waals surface area contributed by atoms with Crippen LogP contribution in [0.25, 0.3) is 0 Å². The van der Waals surface area contributed by atoms with E-state index in [1.807, 2.05) is 0 Å². The van der Waals surface area contributed by atoms with E-state index in [1.165, 1.54) is 35.4 Å². The first kappa shape index (κ1) is 27.8. The van der Waals surface area contributed by atoms with Gasteiger partial charge >= 0.3 is 0 Å². The normalized spacial score (nSPS) is 16.9. The van der Waals surface area contributed by atoms with Crippen LogP contribution in [-0.4, -0.2) is 39.1 Å². The molecule has 4 N–H and O–H groups in total. The van der Waals surface area contributed by atoms with Gasteiger partial charge in [-0.1, -0.05) is 44.2 Å². The summed E-state index contributed by atoms with van der Waals surface area (Å²) in [5.41, 5.74) is 6.77. The van der Waals surface area contributed by atoms with Crippen LogP contribution >= 0.6 is 11.5 Å². The zero-order valence-corrected chi connectivity index (χ0v) is 23.1. The average Bonchev–Trinajstić information content (AvgIpc) is 3.73. The maximum absolute atomic E-state index is 14.1. The SMILES string of the molecule is Nc1c(C(=O)NC2CCCCC2)nsc1C(=O)N(Cc1ccco1)[C@@H](C(=O)NC1CCCC1)c1ccc(F)cc1. The summed E-state index contributed by atoms with van der Waals surface area (Å²) in [5.74, 6) is -1.36.